The van der Waals surface area contributed by atoms with Gasteiger partial charge in [-0.25, -0.2) is 0 Å². The molecule has 0 saturated carbocycles. The summed E-state index contributed by atoms with van der Waals surface area (Å²) in [7, 11) is 0. The number of carboxylic acid groups (broad SMARTS) is 2. The van der Waals surface area contributed by atoms with Gasteiger partial charge in [0.25, 0.3) is 0 Å². The van der Waals surface area contributed by atoms with E-state index in [2.05, 4.69) is 54.9 Å². The summed E-state index contributed by atoms with van der Waals surface area (Å²) in [5, 5.41) is 30.5. The molecule has 9 N–H and O–H groups in total. The quantitative estimate of drug-likeness (QED) is 0.0955. The van der Waals surface area contributed by atoms with Gasteiger partial charge in [0.2, 0.25) is 0 Å². The Kier molecular flexibility index (Phi) is 16.5. The number of amides is 2. The van der Waals surface area contributed by atoms with Crippen LogP contribution in [0.4, 0.5) is 0 Å². The van der Waals surface area contributed by atoms with Crippen molar-refractivity contribution in [2.75, 3.05) is 12.3 Å². The number of carbonyl (C=O) groups is 4. The van der Waals surface area contributed by atoms with Gasteiger partial charge in [-0.2, -0.15) is 0 Å². The zero-order valence-corrected chi connectivity index (χ0v) is 18.7. The molecule has 0 saturated heterocycles. The minimum absolute atomic E-state index is 0.0173. The molecule has 156 valence electrons. The standard InChI is InChI=1S/C10H17N3O5SSe.C3H7NO2Se/c11-5(10(18)20)1-2-7(14)13-6(4-19)9(17)12-3-8(15)16;4-2(1-7)3(5)6/h5-6,19H,1-4,11H2,(H,12,17)(H,13,14)(H,15,16)(H,18,20);2,7H,1,4H2,(H,5,6)/t5-,6-;2-/m00/s1. The van der Waals surface area contributed by atoms with Gasteiger partial charge in [0, 0.05) is 0 Å². The summed E-state index contributed by atoms with van der Waals surface area (Å²) < 4.78 is -0.0947. The van der Waals surface area contributed by atoms with Crippen LogP contribution in [0.2, 0.25) is 5.32 Å². The molecule has 0 aliphatic carbocycles. The molecule has 11 nitrogen and oxygen atoms in total. The Hall–Kier alpha value is -1.14. The topological polar surface area (TPSA) is 205 Å². The number of aliphatic hydroxyl groups is 1. The Balaban J connectivity index is 0. The number of nitrogens with two attached hydrogens (primary N) is 2. The zero-order valence-electron chi connectivity index (χ0n) is 14.2. The van der Waals surface area contributed by atoms with E-state index in [0.717, 1.165) is 0 Å². The van der Waals surface area contributed by atoms with Gasteiger partial charge in [-0.3, -0.25) is 0 Å². The van der Waals surface area contributed by atoms with E-state index < -0.39 is 48.4 Å². The molecule has 0 radical (unpaired) electrons. The second kappa shape index (κ2) is 15.9. The van der Waals surface area contributed by atoms with Gasteiger partial charge in [0.1, 0.15) is 0 Å². The fraction of sp³-hybridized carbons (Fsp3) is 0.615. The molecule has 0 aromatic carbocycles. The monoisotopic (exact) mass is 540 g/mol. The van der Waals surface area contributed by atoms with Crippen LogP contribution < -0.4 is 22.1 Å². The molecule has 14 heteroatoms. The summed E-state index contributed by atoms with van der Waals surface area (Å²) in [6, 6.07) is -2.29. The van der Waals surface area contributed by atoms with Gasteiger partial charge >= 0.3 is 178 Å². The number of aliphatic hydroxyl groups excluding tert-OH is 1. The van der Waals surface area contributed by atoms with E-state index in [0.29, 0.717) is 5.32 Å². The molecule has 0 heterocycles. The van der Waals surface area contributed by atoms with Crippen LogP contribution in [0, 0.1) is 0 Å². The van der Waals surface area contributed by atoms with Crippen molar-refractivity contribution in [1.82, 2.24) is 10.6 Å². The molecule has 0 aliphatic rings. The van der Waals surface area contributed by atoms with E-state index in [4.69, 9.17) is 26.8 Å². The first-order valence-corrected chi connectivity index (χ1v) is 10.2. The summed E-state index contributed by atoms with van der Waals surface area (Å²) in [5.74, 6) is -3.16. The maximum atomic E-state index is 11.6. The predicted octanol–water partition coefficient (Wildman–Crippen LogP) is -3.90. The van der Waals surface area contributed by atoms with Crippen LogP contribution in [0.25, 0.3) is 0 Å². The van der Waals surface area contributed by atoms with Crippen molar-refractivity contribution in [2.24, 2.45) is 11.5 Å². The number of hydrogen-bond donors (Lipinski definition) is 8. The van der Waals surface area contributed by atoms with Crippen molar-refractivity contribution in [3.8, 4) is 0 Å². The molecular weight excluding hydrogens is 514 g/mol. The second-order valence-corrected chi connectivity index (χ2v) is 7.03. The van der Waals surface area contributed by atoms with Crippen LogP contribution in [0.1, 0.15) is 12.8 Å². The molecule has 0 rings (SSSR count). The minimum atomic E-state index is -1.18. The summed E-state index contributed by atoms with van der Waals surface area (Å²) in [4.78, 5) is 43.2. The van der Waals surface area contributed by atoms with E-state index in [1.165, 1.54) is 0 Å². The third-order valence-corrected chi connectivity index (χ3v) is 4.59. The van der Waals surface area contributed by atoms with Crippen molar-refractivity contribution in [3.05, 3.63) is 0 Å². The number of thiol groups is 1. The van der Waals surface area contributed by atoms with Gasteiger partial charge in [-0.05, 0) is 0 Å². The average molecular weight is 538 g/mol. The Morgan fingerprint density at radius 1 is 1.11 bits per heavy atom. The molecule has 0 aliphatic heterocycles. The van der Waals surface area contributed by atoms with E-state index in [-0.39, 0.29) is 23.2 Å². The first-order valence-electron chi connectivity index (χ1n) is 7.43. The van der Waals surface area contributed by atoms with E-state index in [1.807, 2.05) is 0 Å². The zero-order chi connectivity index (χ0) is 21.6. The first-order chi connectivity index (χ1) is 12.5. The number of nitrogens with one attached hydrogen (secondary N) is 2. The van der Waals surface area contributed by atoms with Crippen LogP contribution in [-0.4, -0.2) is 106 Å². The molecule has 0 bridgehead atoms. The molecule has 0 aromatic heterocycles. The normalized spacial score (nSPS) is 13.2. The molecule has 0 aromatic rings. The molecule has 0 unspecified atom stereocenters. The van der Waals surface area contributed by atoms with Crippen LogP contribution in [-0.2, 0) is 19.2 Å². The third-order valence-electron chi connectivity index (χ3n) is 2.76. The van der Waals surface area contributed by atoms with E-state index in [1.54, 1.807) is 0 Å². The SMILES string of the molecule is N[C@@H](CCC(=O)N[C@@H](CS)C(=O)NCC(=O)O)C(O)=[Se].N[C@@H](C[SeH])C(=O)O. The van der Waals surface area contributed by atoms with Crippen LogP contribution >= 0.6 is 12.6 Å². The van der Waals surface area contributed by atoms with Crippen molar-refractivity contribution in [2.45, 2.75) is 36.3 Å². The Labute approximate surface area is 177 Å². The number of carbonyl (C=O) groups excluding carboxylic acids is 2. The summed E-state index contributed by atoms with van der Waals surface area (Å²) in [5.41, 5.74) is 10.5. The molecule has 27 heavy (non-hydrogen) atoms. The summed E-state index contributed by atoms with van der Waals surface area (Å²) in [6.45, 7) is -0.529. The number of aliphatic carboxylic acids is 2. The van der Waals surface area contributed by atoms with Crippen molar-refractivity contribution >= 4 is 72.6 Å². The molecule has 0 spiro atoms. The van der Waals surface area contributed by atoms with Gasteiger partial charge in [0.15, 0.2) is 0 Å². The maximum absolute atomic E-state index is 11.6. The average Bonchev–Trinajstić information content (AvgIpc) is 2.61. The molecule has 2 amide bonds. The molecular formula is C13H24N4O7SSe2. The number of carboxylic acids is 2. The first kappa shape index (κ1) is 28.1. The van der Waals surface area contributed by atoms with Crippen molar-refractivity contribution < 1.29 is 34.5 Å². The van der Waals surface area contributed by atoms with Crippen LogP contribution in [0.3, 0.4) is 0 Å². The van der Waals surface area contributed by atoms with Gasteiger partial charge < -0.3 is 0 Å². The third kappa shape index (κ3) is 15.6. The van der Waals surface area contributed by atoms with Crippen molar-refractivity contribution in [1.29, 1.82) is 0 Å². The second-order valence-electron chi connectivity index (χ2n) is 5.02. The predicted molar refractivity (Wildman–Crippen MR) is 104 cm³/mol. The number of rotatable bonds is 11. The number of hydrogen-bond acceptors (Lipinski definition) is 8. The summed E-state index contributed by atoms with van der Waals surface area (Å²) >= 11 is 8.39. The van der Waals surface area contributed by atoms with E-state index in [9.17, 15) is 19.2 Å². The summed E-state index contributed by atoms with van der Waals surface area (Å²) in [6.07, 6.45) is 0.226. The van der Waals surface area contributed by atoms with Crippen LogP contribution in [0.5, 0.6) is 0 Å². The molecule has 0 fully saturated rings. The Bertz CT molecular complexity index is 539. The Morgan fingerprint density at radius 3 is 2.00 bits per heavy atom. The van der Waals surface area contributed by atoms with Gasteiger partial charge in [-0.15, -0.1) is 0 Å². The van der Waals surface area contributed by atoms with Gasteiger partial charge in [0.05, 0.1) is 0 Å². The Morgan fingerprint density at radius 2 is 1.67 bits per heavy atom. The van der Waals surface area contributed by atoms with Crippen molar-refractivity contribution in [3.63, 3.8) is 0 Å². The van der Waals surface area contributed by atoms with E-state index >= 15 is 0 Å². The molecule has 3 atom stereocenters. The van der Waals surface area contributed by atoms with Crippen LogP contribution in [0.15, 0.2) is 0 Å². The van der Waals surface area contributed by atoms with Gasteiger partial charge in [-0.1, -0.05) is 0 Å². The fourth-order valence-corrected chi connectivity index (χ4v) is 2.07. The fourth-order valence-electron chi connectivity index (χ4n) is 1.23.